The molecule has 1 aliphatic heterocycles. The first kappa shape index (κ1) is 22.8. The molecule has 0 fully saturated rings. The monoisotopic (exact) mass is 535 g/mol. The summed E-state index contributed by atoms with van der Waals surface area (Å²) in [6.07, 6.45) is 0. The van der Waals surface area contributed by atoms with Crippen molar-refractivity contribution in [2.45, 2.75) is 29.2 Å². The van der Waals surface area contributed by atoms with Gasteiger partial charge in [-0.1, -0.05) is 61.1 Å². The molecule has 0 saturated carbocycles. The van der Waals surface area contributed by atoms with Gasteiger partial charge in [-0.3, -0.25) is 4.84 Å². The Labute approximate surface area is 179 Å². The van der Waals surface area contributed by atoms with Crippen LogP contribution in [0.4, 0.5) is 0 Å². The van der Waals surface area contributed by atoms with Crippen LogP contribution >= 0.6 is 67.5 Å². The maximum absolute atomic E-state index is 6.07. The Morgan fingerprint density at radius 3 is 2.44 bits per heavy atom. The van der Waals surface area contributed by atoms with Crippen molar-refractivity contribution < 1.29 is 4.84 Å². The molecule has 140 valence electrons. The SMILES string of the molecule is CC1(C)N=C(N)N=C(N)N1OCC(Br)C(Br)c1ccc(Cl)c(Cl)c1.Cl. The summed E-state index contributed by atoms with van der Waals surface area (Å²) in [5, 5.41) is 2.45. The fourth-order valence-electron chi connectivity index (χ4n) is 2.14. The number of nitrogens with zero attached hydrogens (tertiary/aromatic N) is 3. The van der Waals surface area contributed by atoms with Crippen molar-refractivity contribution in [2.75, 3.05) is 6.61 Å². The quantitative estimate of drug-likeness (QED) is 0.550. The number of hydroxylamine groups is 2. The van der Waals surface area contributed by atoms with Gasteiger partial charge < -0.3 is 11.5 Å². The number of guanidine groups is 2. The van der Waals surface area contributed by atoms with E-state index in [1.165, 1.54) is 5.06 Å². The Balaban J connectivity index is 0.00000312. The average molecular weight is 538 g/mol. The molecule has 0 saturated heterocycles. The maximum Gasteiger partial charge on any atom is 0.226 e. The first-order valence-corrected chi connectivity index (χ1v) is 9.56. The van der Waals surface area contributed by atoms with E-state index in [1.807, 2.05) is 26.0 Å². The number of rotatable bonds is 5. The molecule has 0 amide bonds. The van der Waals surface area contributed by atoms with Gasteiger partial charge in [-0.15, -0.1) is 12.4 Å². The van der Waals surface area contributed by atoms with Crippen LogP contribution in [0.2, 0.25) is 10.0 Å². The zero-order valence-electron chi connectivity index (χ0n) is 13.4. The van der Waals surface area contributed by atoms with Crippen LogP contribution in [-0.4, -0.2) is 34.1 Å². The Hall–Kier alpha value is -0.250. The lowest BCUT2D eigenvalue weighted by Gasteiger charge is -2.37. The Morgan fingerprint density at radius 1 is 1.24 bits per heavy atom. The van der Waals surface area contributed by atoms with E-state index in [0.717, 1.165) is 5.56 Å². The van der Waals surface area contributed by atoms with Crippen molar-refractivity contribution >= 4 is 79.4 Å². The smallest absolute Gasteiger partial charge is 0.226 e. The largest absolute Gasteiger partial charge is 0.368 e. The summed E-state index contributed by atoms with van der Waals surface area (Å²) < 4.78 is 0. The number of hydrogen-bond acceptors (Lipinski definition) is 6. The van der Waals surface area contributed by atoms with Crippen LogP contribution < -0.4 is 11.5 Å². The second-order valence-corrected chi connectivity index (χ2v) is 8.59. The van der Waals surface area contributed by atoms with E-state index in [1.54, 1.807) is 6.07 Å². The highest BCUT2D eigenvalue weighted by Gasteiger charge is 2.34. The third kappa shape index (κ3) is 5.61. The number of halogens is 5. The van der Waals surface area contributed by atoms with E-state index < -0.39 is 5.66 Å². The van der Waals surface area contributed by atoms with Gasteiger partial charge in [-0.2, -0.15) is 10.1 Å². The summed E-state index contributed by atoms with van der Waals surface area (Å²) in [5.74, 6) is 0.287. The topological polar surface area (TPSA) is 89.2 Å². The maximum atomic E-state index is 6.07. The molecule has 1 aliphatic rings. The lowest BCUT2D eigenvalue weighted by molar-refractivity contribution is -0.155. The van der Waals surface area contributed by atoms with E-state index in [9.17, 15) is 0 Å². The molecule has 0 bridgehead atoms. The van der Waals surface area contributed by atoms with Gasteiger partial charge in [-0.25, -0.2) is 4.99 Å². The summed E-state index contributed by atoms with van der Waals surface area (Å²) in [5.41, 5.74) is 11.7. The van der Waals surface area contributed by atoms with Crippen molar-refractivity contribution in [3.63, 3.8) is 0 Å². The number of nitrogens with two attached hydrogens (primary N) is 2. The van der Waals surface area contributed by atoms with Gasteiger partial charge in [0, 0.05) is 0 Å². The Morgan fingerprint density at radius 2 is 1.88 bits per heavy atom. The van der Waals surface area contributed by atoms with E-state index in [0.29, 0.717) is 16.7 Å². The standard InChI is InChI=1S/C14H17Br2Cl2N5O.ClH/c1-14(2)22-12(19)21-13(20)23(14)24-6-8(15)11(16)7-3-4-9(17)10(18)5-7;/h3-5,8,11H,6H2,1-2H3,(H4,19,20,21,22);1H. The molecule has 0 aliphatic carbocycles. The highest BCUT2D eigenvalue weighted by molar-refractivity contribution is 9.12. The second kappa shape index (κ2) is 9.10. The summed E-state index contributed by atoms with van der Waals surface area (Å²) >= 11 is 19.2. The average Bonchev–Trinajstić information content (AvgIpc) is 2.47. The molecule has 2 rings (SSSR count). The molecule has 11 heteroatoms. The molecule has 25 heavy (non-hydrogen) atoms. The van der Waals surface area contributed by atoms with Gasteiger partial charge in [0.05, 0.1) is 26.3 Å². The van der Waals surface area contributed by atoms with Crippen molar-refractivity contribution in [3.05, 3.63) is 33.8 Å². The first-order valence-electron chi connectivity index (χ1n) is 6.97. The lowest BCUT2D eigenvalue weighted by Crippen LogP contribution is -2.54. The molecular weight excluding hydrogens is 520 g/mol. The highest BCUT2D eigenvalue weighted by Crippen LogP contribution is 2.35. The molecule has 1 heterocycles. The predicted molar refractivity (Wildman–Crippen MR) is 113 cm³/mol. The van der Waals surface area contributed by atoms with E-state index in [-0.39, 0.29) is 34.0 Å². The predicted octanol–water partition coefficient (Wildman–Crippen LogP) is 4.23. The lowest BCUT2D eigenvalue weighted by atomic mass is 10.1. The fourth-order valence-corrected chi connectivity index (χ4v) is 3.31. The van der Waals surface area contributed by atoms with E-state index in [4.69, 9.17) is 39.5 Å². The fraction of sp³-hybridized carbons (Fsp3) is 0.429. The summed E-state index contributed by atoms with van der Waals surface area (Å²) in [4.78, 5) is 13.8. The van der Waals surface area contributed by atoms with Gasteiger partial charge in [-0.05, 0) is 31.5 Å². The number of aliphatic imine (C=N–C) groups is 2. The van der Waals surface area contributed by atoms with Gasteiger partial charge in [0.15, 0.2) is 5.66 Å². The molecule has 2 atom stereocenters. The summed E-state index contributed by atoms with van der Waals surface area (Å²) in [7, 11) is 0. The van der Waals surface area contributed by atoms with Crippen LogP contribution in [-0.2, 0) is 4.84 Å². The third-order valence-electron chi connectivity index (χ3n) is 3.26. The van der Waals surface area contributed by atoms with Gasteiger partial charge in [0.25, 0.3) is 0 Å². The van der Waals surface area contributed by atoms with Crippen LogP contribution in [0.1, 0.15) is 24.2 Å². The van der Waals surface area contributed by atoms with Crippen LogP contribution in [0.3, 0.4) is 0 Å². The Bertz CT molecular complexity index is 686. The van der Waals surface area contributed by atoms with Gasteiger partial charge in [0.1, 0.15) is 0 Å². The normalized spacial score (nSPS) is 18.7. The molecule has 0 spiro atoms. The molecule has 1 aromatic rings. The van der Waals surface area contributed by atoms with E-state index in [2.05, 4.69) is 41.8 Å². The van der Waals surface area contributed by atoms with Crippen molar-refractivity contribution in [3.8, 4) is 0 Å². The number of benzene rings is 1. The number of alkyl halides is 2. The zero-order chi connectivity index (χ0) is 18.1. The molecule has 0 radical (unpaired) electrons. The molecular formula is C14H18Br2Cl3N5O. The Kier molecular flexibility index (Phi) is 8.30. The minimum absolute atomic E-state index is 0. The van der Waals surface area contributed by atoms with Gasteiger partial charge >= 0.3 is 0 Å². The number of hydrogen-bond donors (Lipinski definition) is 2. The van der Waals surface area contributed by atoms with E-state index >= 15 is 0 Å². The van der Waals surface area contributed by atoms with Crippen LogP contribution in [0.15, 0.2) is 28.2 Å². The molecule has 1 aromatic carbocycles. The van der Waals surface area contributed by atoms with Gasteiger partial charge in [0.2, 0.25) is 11.9 Å². The van der Waals surface area contributed by atoms with Crippen LogP contribution in [0, 0.1) is 0 Å². The summed E-state index contributed by atoms with van der Waals surface area (Å²) in [6.45, 7) is 3.97. The molecule has 6 nitrogen and oxygen atoms in total. The van der Waals surface area contributed by atoms with Crippen LogP contribution in [0.25, 0.3) is 0 Å². The highest BCUT2D eigenvalue weighted by atomic mass is 79.9. The minimum Gasteiger partial charge on any atom is -0.368 e. The van der Waals surface area contributed by atoms with Crippen molar-refractivity contribution in [1.82, 2.24) is 5.06 Å². The van der Waals surface area contributed by atoms with Crippen molar-refractivity contribution in [2.24, 2.45) is 21.5 Å². The van der Waals surface area contributed by atoms with Crippen LogP contribution in [0.5, 0.6) is 0 Å². The second-order valence-electron chi connectivity index (χ2n) is 5.62. The zero-order valence-corrected chi connectivity index (χ0v) is 18.9. The van der Waals surface area contributed by atoms with Crippen molar-refractivity contribution in [1.29, 1.82) is 0 Å². The third-order valence-corrected chi connectivity index (χ3v) is 6.67. The molecule has 4 N–H and O–H groups in total. The molecule has 0 aromatic heterocycles. The first-order chi connectivity index (χ1) is 11.1. The summed E-state index contributed by atoms with van der Waals surface area (Å²) in [6, 6.07) is 5.46. The minimum atomic E-state index is -0.742. The molecule has 2 unspecified atom stereocenters.